The number of ether oxygens (including phenoxy) is 1. The zero-order valence-electron chi connectivity index (χ0n) is 14.9. The zero-order valence-corrected chi connectivity index (χ0v) is 16.6. The molecular formula is C17H23N3O4S2. The van der Waals surface area contributed by atoms with Crippen LogP contribution in [0.25, 0.3) is 10.2 Å². The second-order valence-electron chi connectivity index (χ2n) is 6.41. The quantitative estimate of drug-likeness (QED) is 0.765. The Balaban J connectivity index is 1.92. The molecule has 1 aromatic heterocycles. The summed E-state index contributed by atoms with van der Waals surface area (Å²) in [5.74, 6) is -0.643. The van der Waals surface area contributed by atoms with Crippen molar-refractivity contribution in [2.24, 2.45) is 10.9 Å². The van der Waals surface area contributed by atoms with Gasteiger partial charge in [-0.15, -0.1) is 0 Å². The van der Waals surface area contributed by atoms with Gasteiger partial charge < -0.3 is 9.30 Å². The number of hydrogen-bond acceptors (Lipinski definition) is 5. The first kappa shape index (κ1) is 19.2. The summed E-state index contributed by atoms with van der Waals surface area (Å²) in [5.41, 5.74) is 1.02. The third kappa shape index (κ3) is 4.22. The number of para-hydroxylation sites is 1. The van der Waals surface area contributed by atoms with Gasteiger partial charge in [0.2, 0.25) is 10.0 Å². The molecule has 0 radical (unpaired) electrons. The van der Waals surface area contributed by atoms with Crippen molar-refractivity contribution in [1.82, 2.24) is 8.87 Å². The standard InChI is InChI=1S/C17H23N3O4S2/c1-24-11-10-20-14-7-3-4-8-15(14)25-17(20)18-16(21)13-6-5-9-19(12-13)26(2,22)23/h3-4,7-8,13H,5-6,9-12H2,1-2H3. The molecule has 0 N–H and O–H groups in total. The van der Waals surface area contributed by atoms with Crippen molar-refractivity contribution >= 4 is 37.5 Å². The third-order valence-electron chi connectivity index (χ3n) is 4.52. The molecule has 1 aliphatic rings. The second kappa shape index (κ2) is 7.99. The van der Waals surface area contributed by atoms with E-state index in [0.717, 1.165) is 10.2 Å². The molecule has 0 aliphatic carbocycles. The molecule has 3 rings (SSSR count). The number of sulfonamides is 1. The molecule has 1 unspecified atom stereocenters. The van der Waals surface area contributed by atoms with Crippen LogP contribution < -0.4 is 4.80 Å². The van der Waals surface area contributed by atoms with Crippen molar-refractivity contribution in [3.63, 3.8) is 0 Å². The Bertz CT molecular complexity index is 962. The zero-order chi connectivity index (χ0) is 18.7. The van der Waals surface area contributed by atoms with Gasteiger partial charge in [0.1, 0.15) is 0 Å². The van der Waals surface area contributed by atoms with Crippen molar-refractivity contribution < 1.29 is 17.9 Å². The maximum Gasteiger partial charge on any atom is 0.252 e. The average Bonchev–Trinajstić information content (AvgIpc) is 2.96. The summed E-state index contributed by atoms with van der Waals surface area (Å²) in [5, 5.41) is 0. The van der Waals surface area contributed by atoms with E-state index in [4.69, 9.17) is 4.74 Å². The average molecular weight is 398 g/mol. The van der Waals surface area contributed by atoms with E-state index in [-0.39, 0.29) is 18.4 Å². The number of amides is 1. The molecule has 9 heteroatoms. The van der Waals surface area contributed by atoms with E-state index in [1.807, 2.05) is 28.8 Å². The molecule has 0 saturated carbocycles. The fourth-order valence-electron chi connectivity index (χ4n) is 3.14. The van der Waals surface area contributed by atoms with E-state index in [1.54, 1.807) is 7.11 Å². The van der Waals surface area contributed by atoms with Crippen molar-refractivity contribution in [1.29, 1.82) is 0 Å². The van der Waals surface area contributed by atoms with Gasteiger partial charge in [0.25, 0.3) is 5.91 Å². The topological polar surface area (TPSA) is 81.0 Å². The lowest BCUT2D eigenvalue weighted by Gasteiger charge is -2.28. The summed E-state index contributed by atoms with van der Waals surface area (Å²) < 4.78 is 33.1. The predicted molar refractivity (Wildman–Crippen MR) is 101 cm³/mol. The number of nitrogens with zero attached hydrogens (tertiary/aromatic N) is 3. The molecule has 142 valence electrons. The Morgan fingerprint density at radius 3 is 2.88 bits per heavy atom. The van der Waals surface area contributed by atoms with Crippen molar-refractivity contribution in [3.8, 4) is 0 Å². The van der Waals surface area contributed by atoms with Crippen molar-refractivity contribution in [2.75, 3.05) is 33.1 Å². The largest absolute Gasteiger partial charge is 0.383 e. The van der Waals surface area contributed by atoms with Gasteiger partial charge in [0.15, 0.2) is 4.80 Å². The first-order chi connectivity index (χ1) is 12.4. The van der Waals surface area contributed by atoms with Crippen molar-refractivity contribution in [3.05, 3.63) is 29.1 Å². The number of rotatable bonds is 5. The van der Waals surface area contributed by atoms with Gasteiger partial charge in [-0.05, 0) is 25.0 Å². The number of methoxy groups -OCH3 is 1. The van der Waals surface area contributed by atoms with Crippen molar-refractivity contribution in [2.45, 2.75) is 19.4 Å². The highest BCUT2D eigenvalue weighted by Gasteiger charge is 2.30. The number of thiazole rings is 1. The molecule has 1 aliphatic heterocycles. The number of hydrogen-bond donors (Lipinski definition) is 0. The lowest BCUT2D eigenvalue weighted by molar-refractivity contribution is -0.122. The normalized spacial score (nSPS) is 19.9. The first-order valence-electron chi connectivity index (χ1n) is 8.51. The molecular weight excluding hydrogens is 374 g/mol. The van der Waals surface area contributed by atoms with E-state index in [2.05, 4.69) is 4.99 Å². The van der Waals surface area contributed by atoms with Gasteiger partial charge >= 0.3 is 0 Å². The maximum absolute atomic E-state index is 12.7. The summed E-state index contributed by atoms with van der Waals surface area (Å²) >= 11 is 1.46. The van der Waals surface area contributed by atoms with Crippen LogP contribution in [0.2, 0.25) is 0 Å². The van der Waals surface area contributed by atoms with Crippen LogP contribution in [-0.2, 0) is 26.1 Å². The Morgan fingerprint density at radius 1 is 1.38 bits per heavy atom. The van der Waals surface area contributed by atoms with Crippen LogP contribution in [0.3, 0.4) is 0 Å². The number of aromatic nitrogens is 1. The van der Waals surface area contributed by atoms with E-state index in [9.17, 15) is 13.2 Å². The maximum atomic E-state index is 12.7. The lowest BCUT2D eigenvalue weighted by atomic mass is 9.99. The van der Waals surface area contributed by atoms with Crippen LogP contribution >= 0.6 is 11.3 Å². The van der Waals surface area contributed by atoms with Gasteiger partial charge in [-0.2, -0.15) is 4.99 Å². The Morgan fingerprint density at radius 2 is 2.15 bits per heavy atom. The Kier molecular flexibility index (Phi) is 5.91. The van der Waals surface area contributed by atoms with E-state index in [0.29, 0.717) is 37.3 Å². The molecule has 1 saturated heterocycles. The Hall–Kier alpha value is -1.55. The SMILES string of the molecule is COCCn1c(=NC(=O)C2CCCN(S(C)(=O)=O)C2)sc2ccccc21. The van der Waals surface area contributed by atoms with Gasteiger partial charge in [-0.3, -0.25) is 4.79 Å². The number of carbonyl (C=O) groups is 1. The molecule has 1 amide bonds. The third-order valence-corrected chi connectivity index (χ3v) is 6.84. The summed E-state index contributed by atoms with van der Waals surface area (Å²) in [6.07, 6.45) is 2.52. The van der Waals surface area contributed by atoms with E-state index in [1.165, 1.54) is 21.9 Å². The summed E-state index contributed by atoms with van der Waals surface area (Å²) in [6, 6.07) is 7.90. The molecule has 0 spiro atoms. The predicted octanol–water partition coefficient (Wildman–Crippen LogP) is 1.45. The van der Waals surface area contributed by atoms with Crippen LogP contribution in [0.1, 0.15) is 12.8 Å². The van der Waals surface area contributed by atoms with Gasteiger partial charge in [-0.1, -0.05) is 23.5 Å². The van der Waals surface area contributed by atoms with Gasteiger partial charge in [0, 0.05) is 26.7 Å². The second-order valence-corrected chi connectivity index (χ2v) is 9.40. The Labute approximate surface area is 157 Å². The molecule has 2 aromatic rings. The minimum atomic E-state index is -3.29. The van der Waals surface area contributed by atoms with Gasteiger partial charge in [-0.25, -0.2) is 12.7 Å². The number of fused-ring (bicyclic) bond motifs is 1. The van der Waals surface area contributed by atoms with Crippen LogP contribution in [0.15, 0.2) is 29.3 Å². The van der Waals surface area contributed by atoms with Crippen LogP contribution in [-0.4, -0.2) is 56.3 Å². The van der Waals surface area contributed by atoms with Gasteiger partial charge in [0.05, 0.1) is 29.0 Å². The molecule has 2 heterocycles. The molecule has 1 fully saturated rings. The van der Waals surface area contributed by atoms with Crippen LogP contribution in [0.5, 0.6) is 0 Å². The summed E-state index contributed by atoms with van der Waals surface area (Å²) in [4.78, 5) is 17.7. The fourth-order valence-corrected chi connectivity index (χ4v) is 5.11. The van der Waals surface area contributed by atoms with E-state index < -0.39 is 10.0 Å². The highest BCUT2D eigenvalue weighted by Crippen LogP contribution is 2.21. The highest BCUT2D eigenvalue weighted by molar-refractivity contribution is 7.88. The minimum absolute atomic E-state index is 0.212. The molecule has 0 bridgehead atoms. The molecule has 1 aromatic carbocycles. The van der Waals surface area contributed by atoms with Crippen LogP contribution in [0, 0.1) is 5.92 Å². The molecule has 1 atom stereocenters. The monoisotopic (exact) mass is 397 g/mol. The minimum Gasteiger partial charge on any atom is -0.383 e. The lowest BCUT2D eigenvalue weighted by Crippen LogP contribution is -2.41. The molecule has 26 heavy (non-hydrogen) atoms. The number of piperidine rings is 1. The highest BCUT2D eigenvalue weighted by atomic mass is 32.2. The fraction of sp³-hybridized carbons (Fsp3) is 0.529. The summed E-state index contributed by atoms with van der Waals surface area (Å²) in [6.45, 7) is 1.81. The smallest absolute Gasteiger partial charge is 0.252 e. The number of carbonyl (C=O) groups excluding carboxylic acids is 1. The first-order valence-corrected chi connectivity index (χ1v) is 11.2. The molecule has 7 nitrogen and oxygen atoms in total. The van der Waals surface area contributed by atoms with Crippen LogP contribution in [0.4, 0.5) is 0 Å². The summed E-state index contributed by atoms with van der Waals surface area (Å²) in [7, 11) is -1.65. The van der Waals surface area contributed by atoms with E-state index >= 15 is 0 Å². The number of benzene rings is 1.